The lowest BCUT2D eigenvalue weighted by molar-refractivity contribution is -0.0325. The minimum atomic E-state index is -0.797. The lowest BCUT2D eigenvalue weighted by Gasteiger charge is -2.53. The minimum Gasteiger partial charge on any atom is -0.457 e. The van der Waals surface area contributed by atoms with Crippen molar-refractivity contribution in [3.63, 3.8) is 0 Å². The third-order valence-corrected chi connectivity index (χ3v) is 6.54. The largest absolute Gasteiger partial charge is 0.457 e. The number of alkyl halides is 1. The molecule has 5 heteroatoms. The number of nitrogens with one attached hydrogen (secondary N) is 1. The summed E-state index contributed by atoms with van der Waals surface area (Å²) >= 11 is 0. The summed E-state index contributed by atoms with van der Waals surface area (Å²) in [4.78, 5) is 4.91. The molecule has 2 atom stereocenters. The number of hydrogen-bond donors (Lipinski definition) is 1. The van der Waals surface area contributed by atoms with Gasteiger partial charge in [-0.25, -0.2) is 4.39 Å². The van der Waals surface area contributed by atoms with Crippen molar-refractivity contribution < 1.29 is 9.13 Å². The van der Waals surface area contributed by atoms with E-state index in [9.17, 15) is 4.39 Å². The quantitative estimate of drug-likeness (QED) is 0.860. The summed E-state index contributed by atoms with van der Waals surface area (Å²) in [6, 6.07) is 19.0. The summed E-state index contributed by atoms with van der Waals surface area (Å²) in [6.45, 7) is 6.00. The maximum atomic E-state index is 15.0. The maximum Gasteiger partial charge on any atom is 0.127 e. The van der Waals surface area contributed by atoms with Crippen LogP contribution in [0.4, 0.5) is 4.39 Å². The molecule has 3 fully saturated rings. The normalized spacial score (nSPS) is 27.2. The number of rotatable bonds is 5. The lowest BCUT2D eigenvalue weighted by atomic mass is 9.86. The van der Waals surface area contributed by atoms with Gasteiger partial charge in [0.05, 0.1) is 0 Å². The Morgan fingerprint density at radius 1 is 0.821 bits per heavy atom. The molecule has 1 N–H and O–H groups in total. The van der Waals surface area contributed by atoms with Crippen LogP contribution >= 0.6 is 0 Å². The highest BCUT2D eigenvalue weighted by Gasteiger charge is 2.41. The first-order valence-electron chi connectivity index (χ1n) is 10.4. The molecule has 0 radical (unpaired) electrons. The number of hydrogen-bond acceptors (Lipinski definition) is 4. The van der Waals surface area contributed by atoms with Gasteiger partial charge in [-0.3, -0.25) is 9.80 Å². The Hall–Kier alpha value is -1.95. The second-order valence-electron chi connectivity index (χ2n) is 8.31. The molecule has 3 heterocycles. The van der Waals surface area contributed by atoms with Crippen LogP contribution in [-0.4, -0.2) is 67.3 Å². The van der Waals surface area contributed by atoms with Crippen LogP contribution in [0, 0.1) is 0 Å². The number of ether oxygens (including phenoxy) is 1. The number of halogens is 1. The average Bonchev–Trinajstić information content (AvgIpc) is 2.64. The highest BCUT2D eigenvalue weighted by Crippen LogP contribution is 2.34. The lowest BCUT2D eigenvalue weighted by Crippen LogP contribution is -2.69. The molecule has 3 aliphatic rings. The summed E-state index contributed by atoms with van der Waals surface area (Å²) in [5, 5.41) is 3.33. The number of para-hydroxylation sites is 1. The van der Waals surface area contributed by atoms with E-state index in [0.717, 1.165) is 56.2 Å². The third kappa shape index (κ3) is 3.66. The molecule has 0 aliphatic carbocycles. The zero-order chi connectivity index (χ0) is 18.9. The first-order chi connectivity index (χ1) is 13.8. The van der Waals surface area contributed by atoms with Crippen molar-refractivity contribution in [2.45, 2.75) is 30.6 Å². The van der Waals surface area contributed by atoms with Crippen LogP contribution in [0.1, 0.15) is 17.9 Å². The molecule has 0 aromatic heterocycles. The Morgan fingerprint density at radius 3 is 2.18 bits per heavy atom. The highest BCUT2D eigenvalue weighted by atomic mass is 19.1. The molecule has 2 aromatic rings. The van der Waals surface area contributed by atoms with Gasteiger partial charge in [0.2, 0.25) is 0 Å². The van der Waals surface area contributed by atoms with Crippen LogP contribution in [0.3, 0.4) is 0 Å². The second-order valence-corrected chi connectivity index (χ2v) is 8.31. The number of benzene rings is 2. The van der Waals surface area contributed by atoms with Crippen molar-refractivity contribution >= 4 is 0 Å². The third-order valence-electron chi connectivity index (χ3n) is 6.54. The van der Waals surface area contributed by atoms with Crippen molar-refractivity contribution in [3.05, 3.63) is 60.2 Å². The molecule has 4 nitrogen and oxygen atoms in total. The van der Waals surface area contributed by atoms with Crippen molar-refractivity contribution in [2.24, 2.45) is 0 Å². The topological polar surface area (TPSA) is 27.7 Å². The van der Waals surface area contributed by atoms with Gasteiger partial charge < -0.3 is 10.1 Å². The first kappa shape index (κ1) is 18.1. The number of nitrogens with zero attached hydrogens (tertiary/aromatic N) is 2. The van der Waals surface area contributed by atoms with Crippen molar-refractivity contribution in [3.8, 4) is 11.5 Å². The molecular weight excluding hydrogens is 353 g/mol. The molecule has 0 unspecified atom stereocenters. The van der Waals surface area contributed by atoms with Gasteiger partial charge in [0.15, 0.2) is 0 Å². The molecule has 0 spiro atoms. The molecule has 28 heavy (non-hydrogen) atoms. The average molecular weight is 381 g/mol. The van der Waals surface area contributed by atoms with E-state index in [1.807, 2.05) is 54.6 Å². The standard InChI is InChI=1S/C23H28FN3O/c24-23-16-26(19-14-27(15-19)18-12-25-13-18)11-10-22(23)17-6-8-21(9-7-17)28-20-4-2-1-3-5-20/h1-9,18-19,22-23,25H,10-16H2/t22-,23-/m1/s1. The van der Waals surface area contributed by atoms with Crippen molar-refractivity contribution in [2.75, 3.05) is 39.3 Å². The zero-order valence-corrected chi connectivity index (χ0v) is 16.1. The van der Waals surface area contributed by atoms with Gasteiger partial charge >= 0.3 is 0 Å². The van der Waals surface area contributed by atoms with Crippen molar-refractivity contribution in [1.82, 2.24) is 15.1 Å². The van der Waals surface area contributed by atoms with E-state index < -0.39 is 6.17 Å². The summed E-state index contributed by atoms with van der Waals surface area (Å²) in [5.74, 6) is 1.61. The molecule has 0 saturated carbocycles. The predicted molar refractivity (Wildman–Crippen MR) is 109 cm³/mol. The van der Waals surface area contributed by atoms with E-state index in [0.29, 0.717) is 18.6 Å². The fourth-order valence-corrected chi connectivity index (χ4v) is 4.59. The molecule has 2 aromatic carbocycles. The van der Waals surface area contributed by atoms with E-state index in [-0.39, 0.29) is 5.92 Å². The van der Waals surface area contributed by atoms with E-state index in [1.54, 1.807) is 0 Å². The number of likely N-dealkylation sites (tertiary alicyclic amines) is 2. The van der Waals surface area contributed by atoms with E-state index in [1.165, 1.54) is 0 Å². The van der Waals surface area contributed by atoms with Crippen LogP contribution in [0.15, 0.2) is 54.6 Å². The van der Waals surface area contributed by atoms with Crippen LogP contribution in [0.25, 0.3) is 0 Å². The van der Waals surface area contributed by atoms with E-state index >= 15 is 0 Å². The van der Waals surface area contributed by atoms with E-state index in [2.05, 4.69) is 15.1 Å². The maximum absolute atomic E-state index is 15.0. The number of piperidine rings is 1. The van der Waals surface area contributed by atoms with Crippen LogP contribution in [-0.2, 0) is 0 Å². The molecule has 148 valence electrons. The van der Waals surface area contributed by atoms with Gasteiger partial charge in [-0.05, 0) is 42.8 Å². The van der Waals surface area contributed by atoms with Crippen LogP contribution in [0.2, 0.25) is 0 Å². The SMILES string of the molecule is F[C@@H]1CN(C2CN(C3CNC3)C2)CC[C@@H]1c1ccc(Oc2ccccc2)cc1. The van der Waals surface area contributed by atoms with Gasteiger partial charge in [0.25, 0.3) is 0 Å². The fourth-order valence-electron chi connectivity index (χ4n) is 4.59. The molecular formula is C23H28FN3O. The highest BCUT2D eigenvalue weighted by molar-refractivity contribution is 5.34. The molecule has 0 amide bonds. The van der Waals surface area contributed by atoms with Crippen LogP contribution < -0.4 is 10.1 Å². The Labute approximate surface area is 166 Å². The minimum absolute atomic E-state index is 0.00552. The van der Waals surface area contributed by atoms with E-state index in [4.69, 9.17) is 4.74 Å². The van der Waals surface area contributed by atoms with Crippen molar-refractivity contribution in [1.29, 1.82) is 0 Å². The Balaban J connectivity index is 1.15. The molecule has 3 saturated heterocycles. The summed E-state index contributed by atoms with van der Waals surface area (Å²) in [7, 11) is 0. The second kappa shape index (κ2) is 7.82. The monoisotopic (exact) mass is 381 g/mol. The molecule has 5 rings (SSSR count). The first-order valence-corrected chi connectivity index (χ1v) is 10.4. The van der Waals surface area contributed by atoms with Gasteiger partial charge in [0, 0.05) is 50.7 Å². The van der Waals surface area contributed by atoms with Gasteiger partial charge in [-0.15, -0.1) is 0 Å². The van der Waals surface area contributed by atoms with Gasteiger partial charge in [-0.1, -0.05) is 30.3 Å². The Bertz CT molecular complexity index is 774. The Kier molecular flexibility index (Phi) is 5.05. The summed E-state index contributed by atoms with van der Waals surface area (Å²) < 4.78 is 20.8. The van der Waals surface area contributed by atoms with Gasteiger partial charge in [-0.2, -0.15) is 0 Å². The predicted octanol–water partition coefficient (Wildman–Crippen LogP) is 3.26. The molecule has 3 aliphatic heterocycles. The fraction of sp³-hybridized carbons (Fsp3) is 0.478. The van der Waals surface area contributed by atoms with Gasteiger partial charge in [0.1, 0.15) is 17.7 Å². The van der Waals surface area contributed by atoms with Crippen LogP contribution in [0.5, 0.6) is 11.5 Å². The summed E-state index contributed by atoms with van der Waals surface area (Å²) in [6.07, 6.45) is 0.0933. The smallest absolute Gasteiger partial charge is 0.127 e. The Morgan fingerprint density at radius 2 is 1.54 bits per heavy atom. The summed E-state index contributed by atoms with van der Waals surface area (Å²) in [5.41, 5.74) is 1.09. The molecule has 0 bridgehead atoms. The zero-order valence-electron chi connectivity index (χ0n) is 16.1.